The molecule has 1 aliphatic heterocycles. The maximum Gasteiger partial charge on any atom is 0.223 e. The van der Waals surface area contributed by atoms with Crippen LogP contribution in [0.4, 0.5) is 0 Å². The number of benzene rings is 1. The van der Waals surface area contributed by atoms with Gasteiger partial charge in [0, 0.05) is 25.7 Å². The van der Waals surface area contributed by atoms with Gasteiger partial charge in [-0.2, -0.15) is 0 Å². The molecule has 5 nitrogen and oxygen atoms in total. The van der Waals surface area contributed by atoms with E-state index in [0.29, 0.717) is 6.54 Å². The minimum absolute atomic E-state index is 0.0623. The van der Waals surface area contributed by atoms with Crippen LogP contribution in [0.5, 0.6) is 0 Å². The third-order valence-corrected chi connectivity index (χ3v) is 4.16. The molecule has 0 saturated carbocycles. The molecule has 1 aromatic rings. The van der Waals surface area contributed by atoms with Crippen molar-refractivity contribution in [3.63, 3.8) is 0 Å². The molecule has 2 N–H and O–H groups in total. The first kappa shape index (κ1) is 16.9. The molecule has 1 aliphatic rings. The first-order chi connectivity index (χ1) is 10.5. The molecule has 2 unspecified atom stereocenters. The number of amides is 1. The molecule has 1 saturated heterocycles. The minimum atomic E-state index is -1.15. The van der Waals surface area contributed by atoms with E-state index in [2.05, 4.69) is 17.1 Å². The monoisotopic (exact) mass is 306 g/mol. The highest BCUT2D eigenvalue weighted by atomic mass is 16.5. The summed E-state index contributed by atoms with van der Waals surface area (Å²) in [6.07, 6.45) is 0.0623. The van der Waals surface area contributed by atoms with Gasteiger partial charge in [-0.1, -0.05) is 30.3 Å². The molecule has 1 fully saturated rings. The Morgan fingerprint density at radius 1 is 1.36 bits per heavy atom. The van der Waals surface area contributed by atoms with Crippen molar-refractivity contribution < 1.29 is 14.6 Å². The second kappa shape index (κ2) is 7.72. The van der Waals surface area contributed by atoms with Gasteiger partial charge in [-0.3, -0.25) is 9.69 Å². The molecule has 0 bridgehead atoms. The van der Waals surface area contributed by atoms with Crippen molar-refractivity contribution in [2.24, 2.45) is 0 Å². The Kier molecular flexibility index (Phi) is 5.94. The number of nitrogens with zero attached hydrogens (tertiary/aromatic N) is 1. The van der Waals surface area contributed by atoms with E-state index in [-0.39, 0.29) is 18.4 Å². The van der Waals surface area contributed by atoms with Crippen molar-refractivity contribution in [3.05, 3.63) is 35.9 Å². The maximum absolute atomic E-state index is 12.1. The highest BCUT2D eigenvalue weighted by Gasteiger charge is 2.26. The molecular weight excluding hydrogens is 280 g/mol. The minimum Gasteiger partial charge on any atom is -0.385 e. The molecule has 1 amide bonds. The van der Waals surface area contributed by atoms with Crippen LogP contribution in [0.3, 0.4) is 0 Å². The van der Waals surface area contributed by atoms with Crippen molar-refractivity contribution in [2.45, 2.75) is 31.9 Å². The fourth-order valence-corrected chi connectivity index (χ4v) is 2.68. The van der Waals surface area contributed by atoms with E-state index in [9.17, 15) is 9.90 Å². The van der Waals surface area contributed by atoms with E-state index in [1.165, 1.54) is 0 Å². The second-order valence-corrected chi connectivity index (χ2v) is 6.12. The number of rotatable bonds is 6. The summed E-state index contributed by atoms with van der Waals surface area (Å²) in [7, 11) is 0. The van der Waals surface area contributed by atoms with E-state index in [4.69, 9.17) is 4.74 Å². The Bertz CT molecular complexity index is 470. The summed E-state index contributed by atoms with van der Waals surface area (Å²) in [4.78, 5) is 14.4. The lowest BCUT2D eigenvalue weighted by atomic mass is 9.92. The number of morpholine rings is 1. The van der Waals surface area contributed by atoms with Gasteiger partial charge in [-0.25, -0.2) is 0 Å². The quantitative estimate of drug-likeness (QED) is 0.827. The van der Waals surface area contributed by atoms with E-state index in [1.54, 1.807) is 6.92 Å². The number of hydrogen-bond donors (Lipinski definition) is 2. The summed E-state index contributed by atoms with van der Waals surface area (Å²) in [6, 6.07) is 9.57. The summed E-state index contributed by atoms with van der Waals surface area (Å²) in [6.45, 7) is 7.66. The second-order valence-electron chi connectivity index (χ2n) is 6.12. The van der Waals surface area contributed by atoms with E-state index < -0.39 is 5.60 Å². The molecule has 1 aromatic carbocycles. The molecule has 22 heavy (non-hydrogen) atoms. The summed E-state index contributed by atoms with van der Waals surface area (Å²) < 4.78 is 5.33. The average molecular weight is 306 g/mol. The van der Waals surface area contributed by atoms with Gasteiger partial charge in [-0.15, -0.1) is 0 Å². The first-order valence-corrected chi connectivity index (χ1v) is 7.85. The van der Waals surface area contributed by atoms with Crippen molar-refractivity contribution >= 4 is 5.91 Å². The predicted molar refractivity (Wildman–Crippen MR) is 85.5 cm³/mol. The average Bonchev–Trinajstić information content (AvgIpc) is 2.54. The zero-order valence-corrected chi connectivity index (χ0v) is 13.4. The normalized spacial score (nSPS) is 20.1. The van der Waals surface area contributed by atoms with Crippen LogP contribution in [-0.2, 0) is 15.1 Å². The van der Waals surface area contributed by atoms with Crippen LogP contribution >= 0.6 is 0 Å². The third kappa shape index (κ3) is 4.80. The summed E-state index contributed by atoms with van der Waals surface area (Å²) in [5, 5.41) is 13.4. The number of carbonyl (C=O) groups is 1. The van der Waals surface area contributed by atoms with Crippen LogP contribution in [0.2, 0.25) is 0 Å². The van der Waals surface area contributed by atoms with Gasteiger partial charge in [0.1, 0.15) is 0 Å². The number of ether oxygens (including phenoxy) is 1. The Morgan fingerprint density at radius 2 is 2.00 bits per heavy atom. The fraction of sp³-hybridized carbons (Fsp3) is 0.588. The topological polar surface area (TPSA) is 61.8 Å². The van der Waals surface area contributed by atoms with Gasteiger partial charge in [0.25, 0.3) is 0 Å². The van der Waals surface area contributed by atoms with Gasteiger partial charge in [0.2, 0.25) is 5.91 Å². The third-order valence-electron chi connectivity index (χ3n) is 4.16. The maximum atomic E-state index is 12.1. The van der Waals surface area contributed by atoms with Gasteiger partial charge in [-0.05, 0) is 19.4 Å². The van der Waals surface area contributed by atoms with Crippen LogP contribution in [-0.4, -0.2) is 54.8 Å². The Morgan fingerprint density at radius 3 is 2.64 bits per heavy atom. The van der Waals surface area contributed by atoms with Crippen molar-refractivity contribution in [1.82, 2.24) is 10.2 Å². The van der Waals surface area contributed by atoms with Crippen LogP contribution in [0.15, 0.2) is 30.3 Å². The van der Waals surface area contributed by atoms with Crippen molar-refractivity contribution in [3.8, 4) is 0 Å². The lowest BCUT2D eigenvalue weighted by Gasteiger charge is -2.32. The smallest absolute Gasteiger partial charge is 0.223 e. The molecule has 0 aromatic heterocycles. The standard InChI is InChI=1S/C17H26N2O3/c1-14(19-8-10-22-11-9-19)13-18-16(20)12-17(2,21)15-6-4-3-5-7-15/h3-7,14,21H,8-13H2,1-2H3,(H,18,20). The van der Waals surface area contributed by atoms with Crippen molar-refractivity contribution in [1.29, 1.82) is 0 Å². The van der Waals surface area contributed by atoms with E-state index in [0.717, 1.165) is 31.9 Å². The van der Waals surface area contributed by atoms with Crippen LogP contribution in [0.1, 0.15) is 25.8 Å². The number of hydrogen-bond acceptors (Lipinski definition) is 4. The molecule has 122 valence electrons. The lowest BCUT2D eigenvalue weighted by Crippen LogP contribution is -2.47. The van der Waals surface area contributed by atoms with Gasteiger partial charge in [0.15, 0.2) is 0 Å². The van der Waals surface area contributed by atoms with Gasteiger partial charge in [0.05, 0.1) is 25.2 Å². The highest BCUT2D eigenvalue weighted by molar-refractivity contribution is 5.77. The van der Waals surface area contributed by atoms with Crippen LogP contribution in [0, 0.1) is 0 Å². The van der Waals surface area contributed by atoms with Gasteiger partial charge < -0.3 is 15.2 Å². The summed E-state index contributed by atoms with van der Waals surface area (Å²) in [5.74, 6) is -0.131. The first-order valence-electron chi connectivity index (χ1n) is 7.85. The largest absolute Gasteiger partial charge is 0.385 e. The Hall–Kier alpha value is -1.43. The molecule has 0 radical (unpaired) electrons. The van der Waals surface area contributed by atoms with Crippen LogP contribution in [0.25, 0.3) is 0 Å². The number of carbonyl (C=O) groups excluding carboxylic acids is 1. The lowest BCUT2D eigenvalue weighted by molar-refractivity contribution is -0.126. The molecule has 5 heteroatoms. The Balaban J connectivity index is 1.80. The highest BCUT2D eigenvalue weighted by Crippen LogP contribution is 2.23. The van der Waals surface area contributed by atoms with Crippen LogP contribution < -0.4 is 5.32 Å². The predicted octanol–water partition coefficient (Wildman–Crippen LogP) is 1.12. The summed E-state index contributed by atoms with van der Waals surface area (Å²) >= 11 is 0. The molecule has 1 heterocycles. The molecular formula is C17H26N2O3. The molecule has 0 spiro atoms. The molecule has 2 atom stereocenters. The Labute approximate surface area is 132 Å². The number of aliphatic hydroxyl groups is 1. The zero-order chi connectivity index (χ0) is 16.0. The summed E-state index contributed by atoms with van der Waals surface area (Å²) in [5.41, 5.74) is -0.389. The number of nitrogens with one attached hydrogen (secondary N) is 1. The van der Waals surface area contributed by atoms with E-state index in [1.807, 2.05) is 30.3 Å². The van der Waals surface area contributed by atoms with E-state index >= 15 is 0 Å². The zero-order valence-electron chi connectivity index (χ0n) is 13.4. The SMILES string of the molecule is CC(CNC(=O)CC(C)(O)c1ccccc1)N1CCOCC1. The van der Waals surface area contributed by atoms with Gasteiger partial charge >= 0.3 is 0 Å². The molecule has 2 rings (SSSR count). The van der Waals surface area contributed by atoms with Crippen molar-refractivity contribution in [2.75, 3.05) is 32.8 Å². The molecule has 0 aliphatic carbocycles. The fourth-order valence-electron chi connectivity index (χ4n) is 2.68.